The van der Waals surface area contributed by atoms with Gasteiger partial charge in [-0.15, -0.1) is 0 Å². The Hall–Kier alpha value is -1.30. The SMILES string of the molecule is CC(C)CNC(=O)C1CCN(C2CCN(C(=O)c3ccc(Cl)cc3Cl)CC2)CC1. The second-order valence-electron chi connectivity index (χ2n) is 8.60. The van der Waals surface area contributed by atoms with Crippen molar-refractivity contribution in [1.82, 2.24) is 15.1 Å². The molecule has 5 nitrogen and oxygen atoms in total. The minimum absolute atomic E-state index is 0.0225. The van der Waals surface area contributed by atoms with Crippen LogP contribution in [-0.2, 0) is 4.79 Å². The van der Waals surface area contributed by atoms with Gasteiger partial charge in [-0.25, -0.2) is 0 Å². The highest BCUT2D eigenvalue weighted by molar-refractivity contribution is 6.36. The molecular weight excluding hydrogens is 409 g/mol. The van der Waals surface area contributed by atoms with Crippen LogP contribution in [0, 0.1) is 11.8 Å². The number of nitrogens with one attached hydrogen (secondary N) is 1. The Labute approximate surface area is 183 Å². The number of hydrogen-bond acceptors (Lipinski definition) is 3. The van der Waals surface area contributed by atoms with Crippen molar-refractivity contribution in [3.63, 3.8) is 0 Å². The molecule has 0 aromatic heterocycles. The van der Waals surface area contributed by atoms with Gasteiger partial charge in [0.05, 0.1) is 10.6 Å². The van der Waals surface area contributed by atoms with Gasteiger partial charge in [0.1, 0.15) is 0 Å². The van der Waals surface area contributed by atoms with Gasteiger partial charge >= 0.3 is 0 Å². The first kappa shape index (κ1) is 22.4. The van der Waals surface area contributed by atoms with Crippen LogP contribution >= 0.6 is 23.2 Å². The molecule has 160 valence electrons. The number of hydrogen-bond donors (Lipinski definition) is 1. The number of nitrogens with zero attached hydrogens (tertiary/aromatic N) is 2. The first-order chi connectivity index (χ1) is 13.8. The van der Waals surface area contributed by atoms with Gasteiger partial charge in [0.25, 0.3) is 5.91 Å². The van der Waals surface area contributed by atoms with Crippen molar-refractivity contribution in [2.75, 3.05) is 32.7 Å². The second-order valence-corrected chi connectivity index (χ2v) is 9.44. The van der Waals surface area contributed by atoms with Crippen LogP contribution in [0.25, 0.3) is 0 Å². The lowest BCUT2D eigenvalue weighted by atomic mass is 9.92. The van der Waals surface area contributed by atoms with E-state index < -0.39 is 0 Å². The van der Waals surface area contributed by atoms with Crippen LogP contribution in [0.1, 0.15) is 49.9 Å². The maximum Gasteiger partial charge on any atom is 0.255 e. The number of carbonyl (C=O) groups excluding carboxylic acids is 2. The molecule has 0 bridgehead atoms. The monoisotopic (exact) mass is 439 g/mol. The highest BCUT2D eigenvalue weighted by Gasteiger charge is 2.32. The molecule has 29 heavy (non-hydrogen) atoms. The molecule has 2 aliphatic heterocycles. The minimum atomic E-state index is -0.0225. The van der Waals surface area contributed by atoms with Crippen LogP contribution in [0.15, 0.2) is 18.2 Å². The van der Waals surface area contributed by atoms with Crippen LogP contribution < -0.4 is 5.32 Å². The van der Waals surface area contributed by atoms with E-state index in [0.717, 1.165) is 58.4 Å². The quantitative estimate of drug-likeness (QED) is 0.751. The summed E-state index contributed by atoms with van der Waals surface area (Å²) in [6, 6.07) is 5.51. The Bertz CT molecular complexity index is 725. The van der Waals surface area contributed by atoms with Crippen molar-refractivity contribution >= 4 is 35.0 Å². The molecule has 0 radical (unpaired) electrons. The smallest absolute Gasteiger partial charge is 0.255 e. The third-order valence-corrected chi connectivity index (χ3v) is 6.56. The predicted molar refractivity (Wildman–Crippen MR) is 118 cm³/mol. The number of amides is 2. The first-order valence-corrected chi connectivity index (χ1v) is 11.4. The number of benzene rings is 1. The van der Waals surface area contributed by atoms with E-state index in [4.69, 9.17) is 23.2 Å². The van der Waals surface area contributed by atoms with Gasteiger partial charge in [0.15, 0.2) is 0 Å². The predicted octanol–water partition coefficient (Wildman–Crippen LogP) is 4.08. The lowest BCUT2D eigenvalue weighted by molar-refractivity contribution is -0.126. The lowest BCUT2D eigenvalue weighted by Gasteiger charge is -2.41. The minimum Gasteiger partial charge on any atom is -0.356 e. The molecule has 2 heterocycles. The topological polar surface area (TPSA) is 52.7 Å². The van der Waals surface area contributed by atoms with Crippen molar-refractivity contribution < 1.29 is 9.59 Å². The van der Waals surface area contributed by atoms with Gasteiger partial charge in [0.2, 0.25) is 5.91 Å². The third-order valence-electron chi connectivity index (χ3n) is 6.01. The fourth-order valence-corrected chi connectivity index (χ4v) is 4.73. The molecule has 0 spiro atoms. The summed E-state index contributed by atoms with van der Waals surface area (Å²) < 4.78 is 0. The van der Waals surface area contributed by atoms with Gasteiger partial charge in [-0.3, -0.25) is 9.59 Å². The Kier molecular flexibility index (Phi) is 7.83. The van der Waals surface area contributed by atoms with E-state index in [-0.39, 0.29) is 17.7 Å². The summed E-state index contributed by atoms with van der Waals surface area (Å²) in [5, 5.41) is 4.01. The average Bonchev–Trinajstić information content (AvgIpc) is 2.72. The molecule has 2 fully saturated rings. The Morgan fingerprint density at radius 3 is 2.31 bits per heavy atom. The molecule has 2 saturated heterocycles. The van der Waals surface area contributed by atoms with Gasteiger partial charge in [-0.2, -0.15) is 0 Å². The van der Waals surface area contributed by atoms with Crippen molar-refractivity contribution in [3.8, 4) is 0 Å². The standard InChI is InChI=1S/C22H31Cl2N3O2/c1-15(2)14-25-21(28)16-5-9-26(10-6-16)18-7-11-27(12-8-18)22(29)19-4-3-17(23)13-20(19)24/h3-4,13,15-16,18H,5-12,14H2,1-2H3,(H,25,28). The zero-order chi connectivity index (χ0) is 21.0. The van der Waals surface area contributed by atoms with Crippen LogP contribution in [-0.4, -0.2) is 60.4 Å². The number of halogens is 2. The van der Waals surface area contributed by atoms with E-state index in [0.29, 0.717) is 27.6 Å². The molecule has 0 unspecified atom stereocenters. The molecule has 1 aromatic rings. The van der Waals surface area contributed by atoms with E-state index in [2.05, 4.69) is 24.1 Å². The van der Waals surface area contributed by atoms with E-state index in [1.54, 1.807) is 18.2 Å². The van der Waals surface area contributed by atoms with Crippen molar-refractivity contribution in [2.24, 2.45) is 11.8 Å². The highest BCUT2D eigenvalue weighted by atomic mass is 35.5. The third kappa shape index (κ3) is 5.87. The maximum absolute atomic E-state index is 12.8. The molecule has 7 heteroatoms. The van der Waals surface area contributed by atoms with Gasteiger partial charge in [-0.1, -0.05) is 37.0 Å². The molecule has 0 atom stereocenters. The van der Waals surface area contributed by atoms with Gasteiger partial charge < -0.3 is 15.1 Å². The summed E-state index contributed by atoms with van der Waals surface area (Å²) >= 11 is 12.1. The molecule has 2 aliphatic rings. The maximum atomic E-state index is 12.8. The summed E-state index contributed by atoms with van der Waals surface area (Å²) in [7, 11) is 0. The lowest BCUT2D eigenvalue weighted by Crippen LogP contribution is -2.50. The summed E-state index contributed by atoms with van der Waals surface area (Å²) in [6.45, 7) is 8.36. The van der Waals surface area contributed by atoms with E-state index >= 15 is 0 Å². The van der Waals surface area contributed by atoms with Crippen LogP contribution in [0.3, 0.4) is 0 Å². The number of piperidine rings is 2. The fraction of sp³-hybridized carbons (Fsp3) is 0.636. The molecule has 3 rings (SSSR count). The second kappa shape index (κ2) is 10.1. The van der Waals surface area contributed by atoms with Crippen LogP contribution in [0.2, 0.25) is 10.0 Å². The number of rotatable bonds is 5. The number of likely N-dealkylation sites (tertiary alicyclic amines) is 2. The fourth-order valence-electron chi connectivity index (χ4n) is 4.24. The zero-order valence-corrected chi connectivity index (χ0v) is 18.8. The molecule has 2 amide bonds. The van der Waals surface area contributed by atoms with Crippen molar-refractivity contribution in [3.05, 3.63) is 33.8 Å². The highest BCUT2D eigenvalue weighted by Crippen LogP contribution is 2.27. The summed E-state index contributed by atoms with van der Waals surface area (Å²) in [4.78, 5) is 29.5. The van der Waals surface area contributed by atoms with Gasteiger partial charge in [-0.05, 0) is 62.9 Å². The Morgan fingerprint density at radius 2 is 1.72 bits per heavy atom. The molecular formula is C22H31Cl2N3O2. The zero-order valence-electron chi connectivity index (χ0n) is 17.3. The normalized spacial score (nSPS) is 19.6. The van der Waals surface area contributed by atoms with E-state index in [1.165, 1.54) is 0 Å². The summed E-state index contributed by atoms with van der Waals surface area (Å²) in [5.74, 6) is 0.803. The van der Waals surface area contributed by atoms with Crippen molar-refractivity contribution in [2.45, 2.75) is 45.6 Å². The molecule has 0 saturated carbocycles. The van der Waals surface area contributed by atoms with Crippen molar-refractivity contribution in [1.29, 1.82) is 0 Å². The molecule has 0 aliphatic carbocycles. The molecule has 1 aromatic carbocycles. The average molecular weight is 440 g/mol. The van der Waals surface area contributed by atoms with Gasteiger partial charge in [0, 0.05) is 36.6 Å². The molecule has 1 N–H and O–H groups in total. The van der Waals surface area contributed by atoms with Crippen LogP contribution in [0.4, 0.5) is 0 Å². The Morgan fingerprint density at radius 1 is 1.07 bits per heavy atom. The van der Waals surface area contributed by atoms with E-state index in [9.17, 15) is 9.59 Å². The Balaban J connectivity index is 1.45. The summed E-state index contributed by atoms with van der Waals surface area (Å²) in [5.41, 5.74) is 0.516. The van der Waals surface area contributed by atoms with E-state index in [1.807, 2.05) is 4.90 Å². The number of carbonyl (C=O) groups is 2. The summed E-state index contributed by atoms with van der Waals surface area (Å²) in [6.07, 6.45) is 3.76. The first-order valence-electron chi connectivity index (χ1n) is 10.6. The largest absolute Gasteiger partial charge is 0.356 e. The van der Waals surface area contributed by atoms with Crippen LogP contribution in [0.5, 0.6) is 0 Å².